The summed E-state index contributed by atoms with van der Waals surface area (Å²) < 4.78 is 0. The van der Waals surface area contributed by atoms with Gasteiger partial charge in [0.1, 0.15) is 0 Å². The first-order valence-electron chi connectivity index (χ1n) is 12.4. The van der Waals surface area contributed by atoms with Gasteiger partial charge in [0.05, 0.1) is 18.8 Å². The van der Waals surface area contributed by atoms with Crippen LogP contribution in [0.2, 0.25) is 0 Å². The number of hydrogen-bond acceptors (Lipinski definition) is 3. The van der Waals surface area contributed by atoms with Gasteiger partial charge in [-0.15, -0.1) is 0 Å². The summed E-state index contributed by atoms with van der Waals surface area (Å²) in [6.07, 6.45) is 23.7. The fraction of sp³-hybridized carbons (Fsp3) is 0.880. The number of allylic oxidation sites excluding steroid dienone is 1. The van der Waals surface area contributed by atoms with Gasteiger partial charge in [-0.1, -0.05) is 103 Å². The molecular weight excluding hydrogens is 362 g/mol. The van der Waals surface area contributed by atoms with Crippen molar-refractivity contribution in [3.05, 3.63) is 12.2 Å². The Labute approximate surface area is 179 Å². The number of carbonyl (C=O) groups excluding carboxylic acids is 1. The third kappa shape index (κ3) is 13.1. The molecule has 29 heavy (non-hydrogen) atoms. The minimum Gasteiger partial charge on any atom is -0.394 e. The largest absolute Gasteiger partial charge is 0.394 e. The quantitative estimate of drug-likeness (QED) is 0.214. The van der Waals surface area contributed by atoms with Crippen molar-refractivity contribution in [1.29, 1.82) is 0 Å². The summed E-state index contributed by atoms with van der Waals surface area (Å²) in [5.74, 6) is 0.0342. The number of nitrogens with one attached hydrogen (secondary N) is 1. The molecular formula is C25H47NO3. The van der Waals surface area contributed by atoms with E-state index in [9.17, 15) is 15.0 Å². The van der Waals surface area contributed by atoms with Crippen LogP contribution in [-0.4, -0.2) is 34.9 Å². The van der Waals surface area contributed by atoms with Gasteiger partial charge in [0.15, 0.2) is 0 Å². The molecule has 0 unspecified atom stereocenters. The maximum absolute atomic E-state index is 12.3. The van der Waals surface area contributed by atoms with Crippen molar-refractivity contribution >= 4 is 5.91 Å². The van der Waals surface area contributed by atoms with Crippen molar-refractivity contribution in [1.82, 2.24) is 5.32 Å². The Hall–Kier alpha value is -0.870. The molecule has 0 aliphatic heterocycles. The Bertz CT molecular complexity index is 418. The minimum absolute atomic E-state index is 0.0124. The lowest BCUT2D eigenvalue weighted by atomic mass is 9.88. The van der Waals surface area contributed by atoms with Crippen LogP contribution in [0.1, 0.15) is 116 Å². The molecule has 4 heteroatoms. The SMILES string of the molecule is CCCCCCCCCCCCC/C=C/[C@H](O)[C@H](CO)NC(=O)C1CCCCC1. The van der Waals surface area contributed by atoms with E-state index in [-0.39, 0.29) is 18.4 Å². The van der Waals surface area contributed by atoms with Gasteiger partial charge in [0.25, 0.3) is 0 Å². The molecule has 0 aromatic carbocycles. The van der Waals surface area contributed by atoms with Crippen LogP contribution in [-0.2, 0) is 4.79 Å². The zero-order valence-corrected chi connectivity index (χ0v) is 18.9. The molecule has 0 radical (unpaired) electrons. The Balaban J connectivity index is 2.04. The third-order valence-electron chi connectivity index (χ3n) is 6.22. The Kier molecular flexibility index (Phi) is 16.2. The van der Waals surface area contributed by atoms with Crippen molar-refractivity contribution in [3.8, 4) is 0 Å². The molecule has 0 heterocycles. The average Bonchev–Trinajstić information content (AvgIpc) is 2.75. The highest BCUT2D eigenvalue weighted by atomic mass is 16.3. The topological polar surface area (TPSA) is 69.6 Å². The van der Waals surface area contributed by atoms with E-state index in [0.29, 0.717) is 0 Å². The maximum atomic E-state index is 12.3. The maximum Gasteiger partial charge on any atom is 0.223 e. The van der Waals surface area contributed by atoms with Crippen molar-refractivity contribution in [2.24, 2.45) is 5.92 Å². The summed E-state index contributed by atoms with van der Waals surface area (Å²) in [7, 11) is 0. The van der Waals surface area contributed by atoms with Crippen molar-refractivity contribution in [2.75, 3.05) is 6.61 Å². The average molecular weight is 410 g/mol. The highest BCUT2D eigenvalue weighted by Crippen LogP contribution is 2.23. The Morgan fingerprint density at radius 3 is 2.03 bits per heavy atom. The molecule has 170 valence electrons. The van der Waals surface area contributed by atoms with E-state index in [0.717, 1.165) is 38.5 Å². The number of unbranched alkanes of at least 4 members (excludes halogenated alkanes) is 11. The van der Waals surface area contributed by atoms with E-state index >= 15 is 0 Å². The van der Waals surface area contributed by atoms with Gasteiger partial charge in [-0.25, -0.2) is 0 Å². The number of rotatable bonds is 17. The molecule has 1 rings (SSSR count). The van der Waals surface area contributed by atoms with E-state index in [1.165, 1.54) is 70.6 Å². The lowest BCUT2D eigenvalue weighted by Gasteiger charge is -2.25. The third-order valence-corrected chi connectivity index (χ3v) is 6.22. The van der Waals surface area contributed by atoms with E-state index in [1.54, 1.807) is 6.08 Å². The van der Waals surface area contributed by atoms with Gasteiger partial charge in [0.2, 0.25) is 5.91 Å². The second-order valence-electron chi connectivity index (χ2n) is 8.88. The van der Waals surface area contributed by atoms with Gasteiger partial charge >= 0.3 is 0 Å². The second kappa shape index (κ2) is 17.9. The molecule has 1 aliphatic carbocycles. The number of aliphatic hydroxyl groups excluding tert-OH is 2. The van der Waals surface area contributed by atoms with Crippen LogP contribution in [0.3, 0.4) is 0 Å². The molecule has 0 aromatic heterocycles. The smallest absolute Gasteiger partial charge is 0.223 e. The number of hydrogen-bond donors (Lipinski definition) is 3. The van der Waals surface area contributed by atoms with Gasteiger partial charge in [-0.05, 0) is 25.7 Å². The zero-order chi connectivity index (χ0) is 21.2. The predicted octanol–water partition coefficient (Wildman–Crippen LogP) is 5.66. The summed E-state index contributed by atoms with van der Waals surface area (Å²) in [4.78, 5) is 12.3. The van der Waals surface area contributed by atoms with Gasteiger partial charge in [-0.3, -0.25) is 4.79 Å². The standard InChI is InChI=1S/C25H47NO3/c1-2-3-4-5-6-7-8-9-10-11-12-13-17-20-24(28)23(21-27)26-25(29)22-18-15-14-16-19-22/h17,20,22-24,27-28H,2-16,18-19,21H2,1H3,(H,26,29)/b20-17+/t23-,24-/m0/s1. The van der Waals surface area contributed by atoms with Crippen LogP contribution in [0.15, 0.2) is 12.2 Å². The van der Waals surface area contributed by atoms with Crippen LogP contribution >= 0.6 is 0 Å². The van der Waals surface area contributed by atoms with Crippen molar-refractivity contribution in [2.45, 2.75) is 128 Å². The summed E-state index contributed by atoms with van der Waals surface area (Å²) in [5.41, 5.74) is 0. The first-order valence-corrected chi connectivity index (χ1v) is 12.4. The van der Waals surface area contributed by atoms with Crippen molar-refractivity contribution in [3.63, 3.8) is 0 Å². The fourth-order valence-corrected chi connectivity index (χ4v) is 4.20. The monoisotopic (exact) mass is 409 g/mol. The highest BCUT2D eigenvalue weighted by molar-refractivity contribution is 5.79. The van der Waals surface area contributed by atoms with Crippen LogP contribution in [0, 0.1) is 5.92 Å². The highest BCUT2D eigenvalue weighted by Gasteiger charge is 2.25. The van der Waals surface area contributed by atoms with Gasteiger partial charge in [0, 0.05) is 5.92 Å². The van der Waals surface area contributed by atoms with Crippen LogP contribution < -0.4 is 5.32 Å². The Morgan fingerprint density at radius 2 is 1.48 bits per heavy atom. The van der Waals surface area contributed by atoms with Gasteiger partial charge < -0.3 is 15.5 Å². The van der Waals surface area contributed by atoms with Gasteiger partial charge in [-0.2, -0.15) is 0 Å². The second-order valence-corrected chi connectivity index (χ2v) is 8.88. The summed E-state index contributed by atoms with van der Waals surface area (Å²) in [5, 5.41) is 22.7. The molecule has 1 fully saturated rings. The van der Waals surface area contributed by atoms with Crippen LogP contribution in [0.5, 0.6) is 0 Å². The molecule has 1 saturated carbocycles. The van der Waals surface area contributed by atoms with Crippen LogP contribution in [0.4, 0.5) is 0 Å². The molecule has 1 amide bonds. The Morgan fingerprint density at radius 1 is 0.931 bits per heavy atom. The summed E-state index contributed by atoms with van der Waals surface area (Å²) in [6.45, 7) is 2.03. The first kappa shape index (κ1) is 26.2. The lowest BCUT2D eigenvalue weighted by molar-refractivity contribution is -0.127. The van der Waals surface area contributed by atoms with Crippen molar-refractivity contribution < 1.29 is 15.0 Å². The lowest BCUT2D eigenvalue weighted by Crippen LogP contribution is -2.47. The van der Waals surface area contributed by atoms with E-state index in [2.05, 4.69) is 12.2 Å². The summed E-state index contributed by atoms with van der Waals surface area (Å²) >= 11 is 0. The first-order chi connectivity index (χ1) is 14.2. The predicted molar refractivity (Wildman–Crippen MR) is 122 cm³/mol. The number of carbonyl (C=O) groups is 1. The zero-order valence-electron chi connectivity index (χ0n) is 18.9. The molecule has 0 bridgehead atoms. The normalized spacial score (nSPS) is 17.5. The number of aliphatic hydroxyl groups is 2. The fourth-order valence-electron chi connectivity index (χ4n) is 4.20. The summed E-state index contributed by atoms with van der Waals surface area (Å²) in [6, 6.07) is -0.599. The molecule has 0 saturated heterocycles. The molecule has 3 N–H and O–H groups in total. The molecule has 4 nitrogen and oxygen atoms in total. The molecule has 2 atom stereocenters. The molecule has 0 aromatic rings. The van der Waals surface area contributed by atoms with Crippen LogP contribution in [0.25, 0.3) is 0 Å². The minimum atomic E-state index is -0.819. The van der Waals surface area contributed by atoms with E-state index in [1.807, 2.05) is 6.08 Å². The van der Waals surface area contributed by atoms with E-state index < -0.39 is 12.1 Å². The number of amides is 1. The molecule has 1 aliphatic rings. The van der Waals surface area contributed by atoms with E-state index in [4.69, 9.17) is 0 Å². The molecule has 0 spiro atoms.